The van der Waals surface area contributed by atoms with E-state index in [0.717, 1.165) is 26.4 Å². The van der Waals surface area contributed by atoms with E-state index in [0.29, 0.717) is 6.54 Å². The van der Waals surface area contributed by atoms with E-state index in [-0.39, 0.29) is 18.6 Å². The standard InChI is InChI=1S/C17H24F2N2O2/c1-17(18,19)9-16(23)20-15-11-21(8-7-14(15)12-22)10-13-5-3-2-4-6-13/h2-6,14-15,22H,7-12H2,1H3,(H,20,23)/t14-,15-/m0/s1. The second-order valence-corrected chi connectivity index (χ2v) is 6.37. The lowest BCUT2D eigenvalue weighted by Gasteiger charge is -2.38. The molecule has 6 heteroatoms. The Morgan fingerprint density at radius 2 is 2.09 bits per heavy atom. The fourth-order valence-corrected chi connectivity index (χ4v) is 2.98. The van der Waals surface area contributed by atoms with Crippen LogP contribution in [0.4, 0.5) is 8.78 Å². The molecule has 0 aromatic heterocycles. The van der Waals surface area contributed by atoms with Crippen molar-refractivity contribution >= 4 is 5.91 Å². The highest BCUT2D eigenvalue weighted by Crippen LogP contribution is 2.21. The summed E-state index contributed by atoms with van der Waals surface area (Å²) in [4.78, 5) is 13.9. The second kappa shape index (κ2) is 7.84. The van der Waals surface area contributed by atoms with E-state index in [1.807, 2.05) is 30.3 Å². The number of alkyl halides is 2. The highest BCUT2D eigenvalue weighted by molar-refractivity contribution is 5.77. The van der Waals surface area contributed by atoms with Crippen LogP contribution in [0.15, 0.2) is 30.3 Å². The lowest BCUT2D eigenvalue weighted by molar-refractivity contribution is -0.129. The van der Waals surface area contributed by atoms with Crippen molar-refractivity contribution in [2.24, 2.45) is 5.92 Å². The average molecular weight is 326 g/mol. The quantitative estimate of drug-likeness (QED) is 0.841. The highest BCUT2D eigenvalue weighted by atomic mass is 19.3. The van der Waals surface area contributed by atoms with Crippen LogP contribution < -0.4 is 5.32 Å². The van der Waals surface area contributed by atoms with Crippen molar-refractivity contribution < 1.29 is 18.7 Å². The minimum Gasteiger partial charge on any atom is -0.396 e. The third-order valence-electron chi connectivity index (χ3n) is 4.14. The SMILES string of the molecule is CC(F)(F)CC(=O)N[C@H]1CN(Cc2ccccc2)CC[C@H]1CO. The van der Waals surface area contributed by atoms with Gasteiger partial charge in [-0.1, -0.05) is 30.3 Å². The summed E-state index contributed by atoms with van der Waals surface area (Å²) in [6, 6.07) is 9.66. The molecule has 2 atom stereocenters. The normalized spacial score (nSPS) is 22.8. The Balaban J connectivity index is 1.94. The molecule has 0 radical (unpaired) electrons. The van der Waals surface area contributed by atoms with Crippen LogP contribution in [0.3, 0.4) is 0 Å². The van der Waals surface area contributed by atoms with Gasteiger partial charge in [-0.3, -0.25) is 9.69 Å². The number of rotatable bonds is 6. The maximum Gasteiger partial charge on any atom is 0.254 e. The van der Waals surface area contributed by atoms with Crippen molar-refractivity contribution in [3.8, 4) is 0 Å². The van der Waals surface area contributed by atoms with Gasteiger partial charge in [0.1, 0.15) is 0 Å². The van der Waals surface area contributed by atoms with E-state index < -0.39 is 18.3 Å². The lowest BCUT2D eigenvalue weighted by atomic mass is 9.91. The number of carbonyl (C=O) groups excluding carboxylic acids is 1. The molecule has 0 aliphatic carbocycles. The topological polar surface area (TPSA) is 52.6 Å². The van der Waals surface area contributed by atoms with Crippen molar-refractivity contribution in [2.45, 2.75) is 38.3 Å². The summed E-state index contributed by atoms with van der Waals surface area (Å²) in [6.45, 7) is 2.80. The summed E-state index contributed by atoms with van der Waals surface area (Å²) in [5.74, 6) is -3.77. The molecule has 4 nitrogen and oxygen atoms in total. The molecule has 1 aliphatic heterocycles. The molecule has 0 saturated carbocycles. The molecule has 1 fully saturated rings. The summed E-state index contributed by atoms with van der Waals surface area (Å²) in [6.07, 6.45) is -0.0862. The molecule has 1 aliphatic rings. The molecule has 1 aromatic rings. The molecule has 1 heterocycles. The van der Waals surface area contributed by atoms with Crippen molar-refractivity contribution in [3.63, 3.8) is 0 Å². The summed E-state index contributed by atoms with van der Waals surface area (Å²) in [7, 11) is 0. The van der Waals surface area contributed by atoms with Crippen molar-refractivity contribution in [2.75, 3.05) is 19.7 Å². The number of aliphatic hydroxyl groups excluding tert-OH is 1. The average Bonchev–Trinajstić information content (AvgIpc) is 2.46. The largest absolute Gasteiger partial charge is 0.396 e. The van der Waals surface area contributed by atoms with E-state index >= 15 is 0 Å². The summed E-state index contributed by atoms with van der Waals surface area (Å²) >= 11 is 0. The monoisotopic (exact) mass is 326 g/mol. The number of hydrogen-bond donors (Lipinski definition) is 2. The molecule has 1 aromatic carbocycles. The van der Waals surface area contributed by atoms with Crippen molar-refractivity contribution in [3.05, 3.63) is 35.9 Å². The van der Waals surface area contributed by atoms with E-state index in [4.69, 9.17) is 0 Å². The smallest absolute Gasteiger partial charge is 0.254 e. The minimum absolute atomic E-state index is 0.0490. The van der Waals surface area contributed by atoms with Gasteiger partial charge in [-0.05, 0) is 25.5 Å². The summed E-state index contributed by atoms with van der Waals surface area (Å²) in [5.41, 5.74) is 1.17. The van der Waals surface area contributed by atoms with Crippen molar-refractivity contribution in [1.29, 1.82) is 0 Å². The van der Waals surface area contributed by atoms with Crippen LogP contribution in [-0.4, -0.2) is 47.6 Å². The molecule has 0 bridgehead atoms. The molecular formula is C17H24F2N2O2. The molecule has 2 rings (SSSR count). The van der Waals surface area contributed by atoms with Crippen LogP contribution in [0.25, 0.3) is 0 Å². The van der Waals surface area contributed by atoms with Gasteiger partial charge in [0.25, 0.3) is 5.92 Å². The van der Waals surface area contributed by atoms with Gasteiger partial charge in [-0.25, -0.2) is 8.78 Å². The number of amides is 1. The van der Waals surface area contributed by atoms with Crippen molar-refractivity contribution in [1.82, 2.24) is 10.2 Å². The number of hydrogen-bond acceptors (Lipinski definition) is 3. The first-order valence-corrected chi connectivity index (χ1v) is 7.92. The number of benzene rings is 1. The first kappa shape index (κ1) is 17.8. The first-order valence-electron chi connectivity index (χ1n) is 7.92. The van der Waals surface area contributed by atoms with Gasteiger partial charge in [0.05, 0.1) is 6.42 Å². The molecule has 0 spiro atoms. The van der Waals surface area contributed by atoms with Crippen LogP contribution in [0, 0.1) is 5.92 Å². The van der Waals surface area contributed by atoms with Gasteiger partial charge < -0.3 is 10.4 Å². The summed E-state index contributed by atoms with van der Waals surface area (Å²) < 4.78 is 25.9. The zero-order valence-corrected chi connectivity index (χ0v) is 13.3. The van der Waals surface area contributed by atoms with Crippen LogP contribution in [0.1, 0.15) is 25.3 Å². The van der Waals surface area contributed by atoms with Gasteiger partial charge in [-0.2, -0.15) is 0 Å². The third-order valence-corrected chi connectivity index (χ3v) is 4.14. The minimum atomic E-state index is -3.02. The zero-order valence-electron chi connectivity index (χ0n) is 13.3. The van der Waals surface area contributed by atoms with Crippen LogP contribution in [-0.2, 0) is 11.3 Å². The van der Waals surface area contributed by atoms with Gasteiger partial charge in [0.2, 0.25) is 5.91 Å². The maximum absolute atomic E-state index is 12.9. The molecule has 0 unspecified atom stereocenters. The predicted octanol–water partition coefficient (Wildman–Crippen LogP) is 2.03. The molecule has 128 valence electrons. The third kappa shape index (κ3) is 5.88. The lowest BCUT2D eigenvalue weighted by Crippen LogP contribution is -2.53. The number of likely N-dealkylation sites (tertiary alicyclic amines) is 1. The number of piperidine rings is 1. The van der Waals surface area contributed by atoms with E-state index in [9.17, 15) is 18.7 Å². The Morgan fingerprint density at radius 3 is 2.70 bits per heavy atom. The fraction of sp³-hybridized carbons (Fsp3) is 0.588. The van der Waals surface area contributed by atoms with Gasteiger partial charge in [0.15, 0.2) is 0 Å². The molecule has 2 N–H and O–H groups in total. The number of nitrogens with one attached hydrogen (secondary N) is 1. The number of aliphatic hydroxyl groups is 1. The maximum atomic E-state index is 12.9. The highest BCUT2D eigenvalue weighted by Gasteiger charge is 2.32. The Morgan fingerprint density at radius 1 is 1.39 bits per heavy atom. The van der Waals surface area contributed by atoms with E-state index in [1.165, 1.54) is 5.56 Å². The first-order chi connectivity index (χ1) is 10.9. The Hall–Kier alpha value is -1.53. The second-order valence-electron chi connectivity index (χ2n) is 6.37. The predicted molar refractivity (Wildman–Crippen MR) is 84.1 cm³/mol. The number of carbonyl (C=O) groups is 1. The van der Waals surface area contributed by atoms with Gasteiger partial charge in [0, 0.05) is 31.7 Å². The van der Waals surface area contributed by atoms with Gasteiger partial charge in [-0.15, -0.1) is 0 Å². The Kier molecular flexibility index (Phi) is 6.07. The fourth-order valence-electron chi connectivity index (χ4n) is 2.98. The van der Waals surface area contributed by atoms with E-state index in [1.54, 1.807) is 0 Å². The Labute approximate surface area is 135 Å². The van der Waals surface area contributed by atoms with E-state index in [2.05, 4.69) is 10.2 Å². The number of halogens is 2. The molecule has 23 heavy (non-hydrogen) atoms. The van der Waals surface area contributed by atoms with Gasteiger partial charge >= 0.3 is 0 Å². The summed E-state index contributed by atoms with van der Waals surface area (Å²) in [5, 5.41) is 12.1. The van der Waals surface area contributed by atoms with Crippen LogP contribution in [0.2, 0.25) is 0 Å². The molecule has 1 saturated heterocycles. The molecular weight excluding hydrogens is 302 g/mol. The van der Waals surface area contributed by atoms with Crippen LogP contribution in [0.5, 0.6) is 0 Å². The van der Waals surface area contributed by atoms with Crippen LogP contribution >= 0.6 is 0 Å². The zero-order chi connectivity index (χ0) is 16.9. The Bertz CT molecular complexity index is 505. The number of nitrogens with zero attached hydrogens (tertiary/aromatic N) is 1. The molecule has 1 amide bonds.